The number of amides is 1. The number of carbonyl (C=O) groups excluding carboxylic acids is 1. The number of carbonyl (C=O) groups is 1. The second-order valence-corrected chi connectivity index (χ2v) is 5.53. The molecule has 100 valence electrons. The van der Waals surface area contributed by atoms with Crippen LogP contribution in [0.5, 0.6) is 0 Å². The van der Waals surface area contributed by atoms with Crippen molar-refractivity contribution in [3.8, 4) is 0 Å². The first-order valence-corrected chi connectivity index (χ1v) is 6.16. The second kappa shape index (κ2) is 5.69. The van der Waals surface area contributed by atoms with Crippen molar-refractivity contribution in [1.29, 1.82) is 0 Å². The molecule has 1 heterocycles. The fourth-order valence-electron chi connectivity index (χ4n) is 1.95. The minimum absolute atomic E-state index is 0.163. The van der Waals surface area contributed by atoms with Gasteiger partial charge < -0.3 is 14.7 Å². The molecule has 1 aliphatic heterocycles. The van der Waals surface area contributed by atoms with E-state index in [0.717, 1.165) is 6.54 Å². The van der Waals surface area contributed by atoms with Gasteiger partial charge in [0.25, 0.3) is 0 Å². The highest BCUT2D eigenvalue weighted by atomic mass is 16.6. The van der Waals surface area contributed by atoms with Crippen molar-refractivity contribution in [1.82, 2.24) is 9.80 Å². The highest BCUT2D eigenvalue weighted by molar-refractivity contribution is 5.68. The summed E-state index contributed by atoms with van der Waals surface area (Å²) < 4.78 is 5.34. The van der Waals surface area contributed by atoms with Crippen LogP contribution in [-0.2, 0) is 4.74 Å². The van der Waals surface area contributed by atoms with Crippen molar-refractivity contribution in [3.05, 3.63) is 0 Å². The van der Waals surface area contributed by atoms with Gasteiger partial charge in [0.15, 0.2) is 0 Å². The van der Waals surface area contributed by atoms with Crippen molar-refractivity contribution in [3.63, 3.8) is 0 Å². The van der Waals surface area contributed by atoms with Crippen molar-refractivity contribution in [2.75, 3.05) is 32.8 Å². The fraction of sp³-hybridized carbons (Fsp3) is 0.917. The van der Waals surface area contributed by atoms with Gasteiger partial charge in [-0.15, -0.1) is 0 Å². The second-order valence-electron chi connectivity index (χ2n) is 5.53. The van der Waals surface area contributed by atoms with Crippen LogP contribution >= 0.6 is 0 Å². The number of β-amino-alcohol motifs (C(OH)–C–C–N with tert-alkyl or cyclic N) is 1. The Morgan fingerprint density at radius 3 is 2.53 bits per heavy atom. The Hall–Kier alpha value is -0.810. The first kappa shape index (κ1) is 14.3. The van der Waals surface area contributed by atoms with E-state index in [4.69, 9.17) is 9.84 Å². The van der Waals surface area contributed by atoms with E-state index in [9.17, 15) is 4.79 Å². The van der Waals surface area contributed by atoms with Crippen molar-refractivity contribution < 1.29 is 14.6 Å². The zero-order chi connectivity index (χ0) is 13.1. The Morgan fingerprint density at radius 1 is 1.41 bits per heavy atom. The first-order valence-electron chi connectivity index (χ1n) is 6.16. The molecule has 5 heteroatoms. The summed E-state index contributed by atoms with van der Waals surface area (Å²) in [4.78, 5) is 15.8. The lowest BCUT2D eigenvalue weighted by Gasteiger charge is -2.39. The lowest BCUT2D eigenvalue weighted by molar-refractivity contribution is 0.00385. The fourth-order valence-corrected chi connectivity index (χ4v) is 1.95. The first-order chi connectivity index (χ1) is 7.83. The Morgan fingerprint density at radius 2 is 2.06 bits per heavy atom. The maximum Gasteiger partial charge on any atom is 0.410 e. The molecule has 1 rings (SSSR count). The molecule has 0 aromatic rings. The third-order valence-electron chi connectivity index (χ3n) is 2.80. The summed E-state index contributed by atoms with van der Waals surface area (Å²) in [5, 5.41) is 8.92. The molecule has 1 fully saturated rings. The molecule has 5 nitrogen and oxygen atoms in total. The monoisotopic (exact) mass is 244 g/mol. The maximum atomic E-state index is 11.9. The topological polar surface area (TPSA) is 53.0 Å². The molecule has 1 N–H and O–H groups in total. The molecule has 0 unspecified atom stereocenters. The number of rotatable bonds is 2. The van der Waals surface area contributed by atoms with Crippen LogP contribution in [0.1, 0.15) is 27.7 Å². The Balaban J connectivity index is 2.46. The van der Waals surface area contributed by atoms with Gasteiger partial charge in [0.05, 0.1) is 6.61 Å². The number of hydrogen-bond donors (Lipinski definition) is 1. The maximum absolute atomic E-state index is 11.9. The summed E-state index contributed by atoms with van der Waals surface area (Å²) >= 11 is 0. The third-order valence-corrected chi connectivity index (χ3v) is 2.80. The molecule has 0 aliphatic carbocycles. The molecular weight excluding hydrogens is 220 g/mol. The van der Waals surface area contributed by atoms with Gasteiger partial charge in [-0.3, -0.25) is 4.90 Å². The number of hydrogen-bond acceptors (Lipinski definition) is 4. The lowest BCUT2D eigenvalue weighted by atomic mass is 10.2. The SMILES string of the molecule is C[C@@H]1CN(C(=O)OC(C)(C)C)CCN1CCO. The van der Waals surface area contributed by atoms with Gasteiger partial charge in [-0.2, -0.15) is 0 Å². The molecule has 1 atom stereocenters. The van der Waals surface area contributed by atoms with Crippen LogP contribution in [0, 0.1) is 0 Å². The van der Waals surface area contributed by atoms with Crippen LogP contribution < -0.4 is 0 Å². The van der Waals surface area contributed by atoms with Crippen LogP contribution in [0.3, 0.4) is 0 Å². The average molecular weight is 244 g/mol. The van der Waals surface area contributed by atoms with E-state index < -0.39 is 5.60 Å². The molecule has 0 aromatic heterocycles. The van der Waals surface area contributed by atoms with Gasteiger partial charge in [-0.25, -0.2) is 4.79 Å². The van der Waals surface area contributed by atoms with Crippen LogP contribution in [0.2, 0.25) is 0 Å². The predicted molar refractivity (Wildman–Crippen MR) is 65.9 cm³/mol. The van der Waals surface area contributed by atoms with Gasteiger partial charge in [0.2, 0.25) is 0 Å². The number of aliphatic hydroxyl groups excluding tert-OH is 1. The molecule has 1 aliphatic rings. The van der Waals surface area contributed by atoms with E-state index in [2.05, 4.69) is 11.8 Å². The van der Waals surface area contributed by atoms with E-state index in [1.54, 1.807) is 4.90 Å². The highest BCUT2D eigenvalue weighted by Gasteiger charge is 2.29. The van der Waals surface area contributed by atoms with Gasteiger partial charge in [0, 0.05) is 32.2 Å². The zero-order valence-electron chi connectivity index (χ0n) is 11.3. The van der Waals surface area contributed by atoms with E-state index in [0.29, 0.717) is 19.6 Å². The van der Waals surface area contributed by atoms with Crippen LogP contribution in [0.15, 0.2) is 0 Å². The minimum atomic E-state index is -0.442. The summed E-state index contributed by atoms with van der Waals surface area (Å²) in [6.45, 7) is 10.6. The molecular formula is C12H24N2O3. The van der Waals surface area contributed by atoms with E-state index in [1.807, 2.05) is 20.8 Å². The van der Waals surface area contributed by atoms with Gasteiger partial charge >= 0.3 is 6.09 Å². The quantitative estimate of drug-likeness (QED) is 0.785. The van der Waals surface area contributed by atoms with E-state index in [-0.39, 0.29) is 18.7 Å². The largest absolute Gasteiger partial charge is 0.444 e. The van der Waals surface area contributed by atoms with E-state index in [1.165, 1.54) is 0 Å². The number of aliphatic hydroxyl groups is 1. The van der Waals surface area contributed by atoms with Crippen molar-refractivity contribution >= 4 is 6.09 Å². The highest BCUT2D eigenvalue weighted by Crippen LogP contribution is 2.14. The minimum Gasteiger partial charge on any atom is -0.444 e. The molecule has 0 bridgehead atoms. The number of piperazine rings is 1. The number of nitrogens with zero attached hydrogens (tertiary/aromatic N) is 2. The van der Waals surface area contributed by atoms with Crippen LogP contribution in [0.25, 0.3) is 0 Å². The van der Waals surface area contributed by atoms with Crippen LogP contribution in [-0.4, -0.2) is 65.4 Å². The Bertz CT molecular complexity index is 263. The average Bonchev–Trinajstić information content (AvgIpc) is 2.18. The third kappa shape index (κ3) is 4.52. The van der Waals surface area contributed by atoms with Crippen molar-refractivity contribution in [2.24, 2.45) is 0 Å². The zero-order valence-corrected chi connectivity index (χ0v) is 11.3. The smallest absolute Gasteiger partial charge is 0.410 e. The molecule has 17 heavy (non-hydrogen) atoms. The molecule has 1 saturated heterocycles. The Kier molecular flexibility index (Phi) is 4.77. The summed E-state index contributed by atoms with van der Waals surface area (Å²) in [5.74, 6) is 0. The Labute approximate surface area is 103 Å². The molecule has 0 saturated carbocycles. The summed E-state index contributed by atoms with van der Waals surface area (Å²) in [6, 6.07) is 0.267. The lowest BCUT2D eigenvalue weighted by Crippen LogP contribution is -2.54. The summed E-state index contributed by atoms with van der Waals surface area (Å²) in [6.07, 6.45) is -0.243. The van der Waals surface area contributed by atoms with E-state index >= 15 is 0 Å². The predicted octanol–water partition coefficient (Wildman–Crippen LogP) is 0.920. The normalized spacial score (nSPS) is 22.6. The summed E-state index contributed by atoms with van der Waals surface area (Å²) in [5.41, 5.74) is -0.442. The van der Waals surface area contributed by atoms with Gasteiger partial charge in [-0.05, 0) is 27.7 Å². The van der Waals surface area contributed by atoms with Gasteiger partial charge in [0.1, 0.15) is 5.60 Å². The van der Waals surface area contributed by atoms with Crippen LogP contribution in [0.4, 0.5) is 4.79 Å². The standard InChI is InChI=1S/C12H24N2O3/c1-10-9-14(6-5-13(10)7-8-15)11(16)17-12(2,3)4/h10,15H,5-9H2,1-4H3/t10-/m1/s1. The van der Waals surface area contributed by atoms with Gasteiger partial charge in [-0.1, -0.05) is 0 Å². The summed E-state index contributed by atoms with van der Waals surface area (Å²) in [7, 11) is 0. The molecule has 0 radical (unpaired) electrons. The number of ether oxygens (including phenoxy) is 1. The molecule has 1 amide bonds. The van der Waals surface area contributed by atoms with Crippen molar-refractivity contribution in [2.45, 2.75) is 39.3 Å². The molecule has 0 aromatic carbocycles. The molecule has 0 spiro atoms.